The Morgan fingerprint density at radius 2 is 1.96 bits per heavy atom. The molecule has 0 unspecified atom stereocenters. The van der Waals surface area contributed by atoms with Gasteiger partial charge in [-0.05, 0) is 42.7 Å². The van der Waals surface area contributed by atoms with Crippen LogP contribution in [0, 0.1) is 0 Å². The first-order chi connectivity index (χ1) is 12.8. The van der Waals surface area contributed by atoms with E-state index in [4.69, 9.17) is 4.74 Å². The van der Waals surface area contributed by atoms with Crippen LogP contribution < -0.4 is 15.4 Å². The fraction of sp³-hybridized carbons (Fsp3) is 0.429. The van der Waals surface area contributed by atoms with Crippen molar-refractivity contribution < 1.29 is 4.74 Å². The average molecular weight is 480 g/mol. The Morgan fingerprint density at radius 1 is 1.15 bits per heavy atom. The largest absolute Gasteiger partial charge is 0.497 e. The Morgan fingerprint density at radius 3 is 2.63 bits per heavy atom. The van der Waals surface area contributed by atoms with Gasteiger partial charge in [0.25, 0.3) is 0 Å². The summed E-state index contributed by atoms with van der Waals surface area (Å²) in [6, 6.07) is 14.4. The first-order valence-corrected chi connectivity index (χ1v) is 9.25. The van der Waals surface area contributed by atoms with E-state index >= 15 is 0 Å². The molecule has 0 amide bonds. The van der Waals surface area contributed by atoms with E-state index in [-0.39, 0.29) is 29.4 Å². The maximum atomic E-state index is 5.43. The molecule has 0 radical (unpaired) electrons. The highest BCUT2D eigenvalue weighted by Gasteiger charge is 2.36. The van der Waals surface area contributed by atoms with Gasteiger partial charge >= 0.3 is 0 Å². The summed E-state index contributed by atoms with van der Waals surface area (Å²) in [5.41, 5.74) is 2.48. The van der Waals surface area contributed by atoms with Crippen molar-refractivity contribution in [1.29, 1.82) is 0 Å². The normalized spacial score (nSPS) is 15.7. The molecule has 1 aromatic heterocycles. The monoisotopic (exact) mass is 480 g/mol. The van der Waals surface area contributed by atoms with Crippen molar-refractivity contribution in [3.8, 4) is 5.75 Å². The van der Waals surface area contributed by atoms with Crippen molar-refractivity contribution in [3.63, 3.8) is 0 Å². The Hall–Kier alpha value is -1.83. The van der Waals surface area contributed by atoms with E-state index in [0.29, 0.717) is 6.54 Å². The lowest BCUT2D eigenvalue weighted by atomic mass is 9.78. The number of halogens is 1. The van der Waals surface area contributed by atoms with Gasteiger partial charge < -0.3 is 15.4 Å². The standard InChI is InChI=1S/C21H28N4O.HI/c1-22-20(24-15-18-9-3-6-13-23-18)25-16-21(11-4-5-12-21)17-8-7-10-19(14-17)26-2;/h3,6-10,13-14H,4-5,11-12,15-16H2,1-2H3,(H2,22,24,25);1H. The summed E-state index contributed by atoms with van der Waals surface area (Å²) in [4.78, 5) is 8.71. The lowest BCUT2D eigenvalue weighted by Gasteiger charge is -2.31. The van der Waals surface area contributed by atoms with Gasteiger partial charge in [0, 0.05) is 25.2 Å². The lowest BCUT2D eigenvalue weighted by Crippen LogP contribution is -2.44. The predicted octanol–water partition coefficient (Wildman–Crippen LogP) is 3.89. The first-order valence-electron chi connectivity index (χ1n) is 9.25. The molecule has 0 spiro atoms. The molecule has 1 heterocycles. The van der Waals surface area contributed by atoms with Crippen molar-refractivity contribution in [2.75, 3.05) is 20.7 Å². The van der Waals surface area contributed by atoms with Gasteiger partial charge in [-0.3, -0.25) is 9.98 Å². The van der Waals surface area contributed by atoms with E-state index in [1.54, 1.807) is 14.2 Å². The molecule has 2 N–H and O–H groups in total. The van der Waals surface area contributed by atoms with Gasteiger partial charge in [0.1, 0.15) is 5.75 Å². The van der Waals surface area contributed by atoms with Crippen LogP contribution in [0.15, 0.2) is 53.7 Å². The minimum absolute atomic E-state index is 0. The second-order valence-corrected chi connectivity index (χ2v) is 6.82. The molecule has 3 rings (SSSR count). The molecule has 0 saturated heterocycles. The number of nitrogens with zero attached hydrogens (tertiary/aromatic N) is 2. The minimum atomic E-state index is 0. The van der Waals surface area contributed by atoms with Crippen molar-refractivity contribution in [1.82, 2.24) is 15.6 Å². The van der Waals surface area contributed by atoms with E-state index < -0.39 is 0 Å². The topological polar surface area (TPSA) is 58.5 Å². The van der Waals surface area contributed by atoms with Gasteiger partial charge in [-0.1, -0.05) is 31.0 Å². The van der Waals surface area contributed by atoms with Gasteiger partial charge in [-0.2, -0.15) is 0 Å². The fourth-order valence-electron chi connectivity index (χ4n) is 3.72. The van der Waals surface area contributed by atoms with Crippen LogP contribution in [0.5, 0.6) is 5.75 Å². The summed E-state index contributed by atoms with van der Waals surface area (Å²) in [6.45, 7) is 1.52. The molecule has 1 aliphatic carbocycles. The molecule has 146 valence electrons. The summed E-state index contributed by atoms with van der Waals surface area (Å²) >= 11 is 0. The van der Waals surface area contributed by atoms with Crippen LogP contribution in [-0.4, -0.2) is 31.6 Å². The number of nitrogens with one attached hydrogen (secondary N) is 2. The zero-order valence-electron chi connectivity index (χ0n) is 16.1. The molecule has 2 aromatic rings. The van der Waals surface area contributed by atoms with Crippen LogP contribution in [0.1, 0.15) is 36.9 Å². The van der Waals surface area contributed by atoms with Gasteiger partial charge in [0.15, 0.2) is 5.96 Å². The van der Waals surface area contributed by atoms with E-state index in [2.05, 4.69) is 38.8 Å². The van der Waals surface area contributed by atoms with E-state index in [0.717, 1.165) is 23.9 Å². The molecule has 5 nitrogen and oxygen atoms in total. The highest BCUT2D eigenvalue weighted by molar-refractivity contribution is 14.0. The molecule has 1 aliphatic rings. The summed E-state index contributed by atoms with van der Waals surface area (Å²) in [6.07, 6.45) is 6.70. The fourth-order valence-corrected chi connectivity index (χ4v) is 3.72. The van der Waals surface area contributed by atoms with Crippen LogP contribution in [0.3, 0.4) is 0 Å². The molecular formula is C21H29IN4O. The lowest BCUT2D eigenvalue weighted by molar-refractivity contribution is 0.404. The molecular weight excluding hydrogens is 451 g/mol. The number of benzene rings is 1. The van der Waals surface area contributed by atoms with Crippen molar-refractivity contribution in [3.05, 3.63) is 59.9 Å². The van der Waals surface area contributed by atoms with Gasteiger partial charge in [-0.25, -0.2) is 0 Å². The maximum absolute atomic E-state index is 5.43. The second-order valence-electron chi connectivity index (χ2n) is 6.82. The molecule has 0 bridgehead atoms. The van der Waals surface area contributed by atoms with Crippen LogP contribution in [-0.2, 0) is 12.0 Å². The molecule has 1 fully saturated rings. The zero-order chi connectivity index (χ0) is 18.2. The molecule has 1 aromatic carbocycles. The number of hydrogen-bond acceptors (Lipinski definition) is 3. The Labute approximate surface area is 179 Å². The predicted molar refractivity (Wildman–Crippen MR) is 121 cm³/mol. The summed E-state index contributed by atoms with van der Waals surface area (Å²) in [5.74, 6) is 1.73. The highest BCUT2D eigenvalue weighted by atomic mass is 127. The van der Waals surface area contributed by atoms with Crippen molar-refractivity contribution in [2.24, 2.45) is 4.99 Å². The van der Waals surface area contributed by atoms with Crippen LogP contribution in [0.2, 0.25) is 0 Å². The van der Waals surface area contributed by atoms with Gasteiger partial charge in [0.05, 0.1) is 19.3 Å². The maximum Gasteiger partial charge on any atom is 0.191 e. The van der Waals surface area contributed by atoms with E-state index in [9.17, 15) is 0 Å². The van der Waals surface area contributed by atoms with Crippen LogP contribution in [0.4, 0.5) is 0 Å². The zero-order valence-corrected chi connectivity index (χ0v) is 18.4. The third kappa shape index (κ3) is 5.57. The van der Waals surface area contributed by atoms with Crippen LogP contribution >= 0.6 is 24.0 Å². The van der Waals surface area contributed by atoms with E-state index in [1.165, 1.54) is 31.2 Å². The average Bonchev–Trinajstić information content (AvgIpc) is 3.19. The molecule has 27 heavy (non-hydrogen) atoms. The quantitative estimate of drug-likeness (QED) is 0.374. The number of pyridine rings is 1. The van der Waals surface area contributed by atoms with E-state index in [1.807, 2.05) is 30.5 Å². The second kappa shape index (κ2) is 10.5. The summed E-state index contributed by atoms with van der Waals surface area (Å²) in [5, 5.41) is 6.88. The third-order valence-electron chi connectivity index (χ3n) is 5.22. The smallest absolute Gasteiger partial charge is 0.191 e. The molecule has 0 atom stereocenters. The minimum Gasteiger partial charge on any atom is -0.497 e. The number of aromatic nitrogens is 1. The molecule has 6 heteroatoms. The van der Waals surface area contributed by atoms with Gasteiger partial charge in [-0.15, -0.1) is 24.0 Å². The molecule has 1 saturated carbocycles. The Bertz CT molecular complexity index is 730. The number of ether oxygens (including phenoxy) is 1. The summed E-state index contributed by atoms with van der Waals surface area (Å²) in [7, 11) is 3.53. The number of rotatable bonds is 6. The van der Waals surface area contributed by atoms with Crippen molar-refractivity contribution in [2.45, 2.75) is 37.6 Å². The van der Waals surface area contributed by atoms with Crippen molar-refractivity contribution >= 4 is 29.9 Å². The van der Waals surface area contributed by atoms with Gasteiger partial charge in [0.2, 0.25) is 0 Å². The number of methoxy groups -OCH3 is 1. The Balaban J connectivity index is 0.00000261. The Kier molecular flexibility index (Phi) is 8.34. The third-order valence-corrected chi connectivity index (χ3v) is 5.22. The van der Waals surface area contributed by atoms with Crippen LogP contribution in [0.25, 0.3) is 0 Å². The SMILES string of the molecule is CN=C(NCc1ccccn1)NCC1(c2cccc(OC)c2)CCCC1.I. The molecule has 0 aliphatic heterocycles. The summed E-state index contributed by atoms with van der Waals surface area (Å²) < 4.78 is 5.43. The first kappa shape index (κ1) is 21.5. The number of hydrogen-bond donors (Lipinski definition) is 2. The highest BCUT2D eigenvalue weighted by Crippen LogP contribution is 2.41. The number of aliphatic imine (C=N–C) groups is 1. The number of guanidine groups is 1.